The minimum absolute atomic E-state index is 0.318. The number of hydrogen-bond donors (Lipinski definition) is 2. The monoisotopic (exact) mass is 170 g/mol. The van der Waals surface area contributed by atoms with E-state index in [2.05, 4.69) is 4.90 Å². The first-order valence-corrected chi connectivity index (χ1v) is 4.88. The fraction of sp³-hybridized carbons (Fsp3) is 1.00. The zero-order chi connectivity index (χ0) is 8.60. The lowest BCUT2D eigenvalue weighted by Gasteiger charge is -2.31. The summed E-state index contributed by atoms with van der Waals surface area (Å²) in [5.41, 5.74) is 5.47. The van der Waals surface area contributed by atoms with Crippen molar-refractivity contribution < 1.29 is 5.11 Å². The summed E-state index contributed by atoms with van der Waals surface area (Å²) in [5, 5.41) is 9.67. The van der Waals surface area contributed by atoms with Crippen molar-refractivity contribution in [3.63, 3.8) is 0 Å². The van der Waals surface area contributed by atoms with Crippen molar-refractivity contribution >= 4 is 0 Å². The van der Waals surface area contributed by atoms with Gasteiger partial charge in [-0.15, -0.1) is 0 Å². The van der Waals surface area contributed by atoms with Crippen LogP contribution < -0.4 is 5.73 Å². The summed E-state index contributed by atoms with van der Waals surface area (Å²) in [4.78, 5) is 2.34. The van der Waals surface area contributed by atoms with Crippen molar-refractivity contribution in [1.82, 2.24) is 4.90 Å². The SMILES string of the molecule is NC1CCN(CC2(O)CC2)CC1. The lowest BCUT2D eigenvalue weighted by molar-refractivity contribution is 0.0791. The summed E-state index contributed by atoms with van der Waals surface area (Å²) >= 11 is 0. The summed E-state index contributed by atoms with van der Waals surface area (Å²) in [6.07, 6.45) is 4.18. The van der Waals surface area contributed by atoms with Crippen LogP contribution in [0.2, 0.25) is 0 Å². The predicted molar refractivity (Wildman–Crippen MR) is 47.8 cm³/mol. The normalized spacial score (nSPS) is 30.5. The molecule has 0 atom stereocenters. The third kappa shape index (κ3) is 1.97. The molecule has 2 rings (SSSR count). The number of nitrogens with zero attached hydrogens (tertiary/aromatic N) is 1. The number of piperidine rings is 1. The topological polar surface area (TPSA) is 49.5 Å². The third-order valence-corrected chi connectivity index (χ3v) is 2.98. The van der Waals surface area contributed by atoms with E-state index < -0.39 is 0 Å². The molecule has 2 aliphatic rings. The van der Waals surface area contributed by atoms with Gasteiger partial charge in [0.05, 0.1) is 5.60 Å². The lowest BCUT2D eigenvalue weighted by atomic mass is 10.1. The van der Waals surface area contributed by atoms with Gasteiger partial charge in [0.1, 0.15) is 0 Å². The molecule has 0 spiro atoms. The molecule has 3 N–H and O–H groups in total. The number of rotatable bonds is 2. The highest BCUT2D eigenvalue weighted by atomic mass is 16.3. The van der Waals surface area contributed by atoms with Crippen molar-refractivity contribution in [2.75, 3.05) is 19.6 Å². The van der Waals surface area contributed by atoms with Gasteiger partial charge < -0.3 is 15.7 Å². The Morgan fingerprint density at radius 2 is 1.92 bits per heavy atom. The van der Waals surface area contributed by atoms with Crippen molar-refractivity contribution in [3.05, 3.63) is 0 Å². The maximum Gasteiger partial charge on any atom is 0.0776 e. The van der Waals surface area contributed by atoms with E-state index in [9.17, 15) is 5.11 Å². The van der Waals surface area contributed by atoms with Gasteiger partial charge in [0.25, 0.3) is 0 Å². The molecule has 1 aliphatic carbocycles. The van der Waals surface area contributed by atoms with Gasteiger partial charge in [-0.25, -0.2) is 0 Å². The smallest absolute Gasteiger partial charge is 0.0776 e. The van der Waals surface area contributed by atoms with Crippen LogP contribution in [0.5, 0.6) is 0 Å². The highest BCUT2D eigenvalue weighted by Crippen LogP contribution is 2.36. The Balaban J connectivity index is 1.75. The van der Waals surface area contributed by atoms with Gasteiger partial charge in [0.15, 0.2) is 0 Å². The van der Waals surface area contributed by atoms with Crippen molar-refractivity contribution in [3.8, 4) is 0 Å². The molecule has 0 amide bonds. The fourth-order valence-corrected chi connectivity index (χ4v) is 1.83. The zero-order valence-electron chi connectivity index (χ0n) is 7.50. The molecule has 0 unspecified atom stereocenters. The second-order valence-corrected chi connectivity index (χ2v) is 4.34. The first-order valence-electron chi connectivity index (χ1n) is 4.88. The van der Waals surface area contributed by atoms with Gasteiger partial charge in [0, 0.05) is 12.6 Å². The number of likely N-dealkylation sites (tertiary alicyclic amines) is 1. The molecular weight excluding hydrogens is 152 g/mol. The molecule has 0 aromatic rings. The Morgan fingerprint density at radius 3 is 2.42 bits per heavy atom. The third-order valence-electron chi connectivity index (χ3n) is 2.98. The summed E-state index contributed by atoms with van der Waals surface area (Å²) in [6, 6.07) is 0.398. The number of hydrogen-bond acceptors (Lipinski definition) is 3. The maximum absolute atomic E-state index is 9.67. The summed E-state index contributed by atoms with van der Waals surface area (Å²) < 4.78 is 0. The molecule has 0 aromatic heterocycles. The number of nitrogens with two attached hydrogens (primary N) is 1. The van der Waals surface area contributed by atoms with E-state index in [-0.39, 0.29) is 5.60 Å². The van der Waals surface area contributed by atoms with E-state index in [1.807, 2.05) is 0 Å². The minimum atomic E-state index is -0.318. The summed E-state index contributed by atoms with van der Waals surface area (Å²) in [6.45, 7) is 3.02. The molecule has 1 aliphatic heterocycles. The van der Waals surface area contributed by atoms with Gasteiger partial charge in [-0.3, -0.25) is 0 Å². The molecule has 70 valence electrons. The Kier molecular flexibility index (Phi) is 2.10. The van der Waals surface area contributed by atoms with Crippen molar-refractivity contribution in [2.45, 2.75) is 37.3 Å². The summed E-state index contributed by atoms with van der Waals surface area (Å²) in [5.74, 6) is 0. The van der Waals surface area contributed by atoms with Crippen LogP contribution in [0, 0.1) is 0 Å². The molecule has 0 radical (unpaired) electrons. The zero-order valence-corrected chi connectivity index (χ0v) is 7.50. The second kappa shape index (κ2) is 2.98. The molecule has 0 bridgehead atoms. The van der Waals surface area contributed by atoms with E-state index in [1.165, 1.54) is 0 Å². The molecule has 2 fully saturated rings. The Labute approximate surface area is 73.5 Å². The number of β-amino-alcohol motifs (C(OH)–C–C–N with tert-alkyl or cyclic N) is 1. The van der Waals surface area contributed by atoms with Crippen LogP contribution in [0.3, 0.4) is 0 Å². The highest BCUT2D eigenvalue weighted by molar-refractivity contribution is 4.96. The van der Waals surface area contributed by atoms with Crippen LogP contribution in [-0.4, -0.2) is 41.3 Å². The van der Waals surface area contributed by atoms with E-state index in [0.29, 0.717) is 6.04 Å². The van der Waals surface area contributed by atoms with Gasteiger partial charge in [0.2, 0.25) is 0 Å². The van der Waals surface area contributed by atoms with Crippen LogP contribution in [-0.2, 0) is 0 Å². The molecule has 0 aromatic carbocycles. The largest absolute Gasteiger partial charge is 0.389 e. The van der Waals surface area contributed by atoms with Crippen LogP contribution in [0.25, 0.3) is 0 Å². The van der Waals surface area contributed by atoms with Crippen LogP contribution in [0.15, 0.2) is 0 Å². The summed E-state index contributed by atoms with van der Waals surface area (Å²) in [7, 11) is 0. The maximum atomic E-state index is 9.67. The molecular formula is C9H18N2O. The van der Waals surface area contributed by atoms with Gasteiger partial charge in [-0.2, -0.15) is 0 Å². The second-order valence-electron chi connectivity index (χ2n) is 4.34. The van der Waals surface area contributed by atoms with E-state index in [0.717, 1.165) is 45.3 Å². The number of aliphatic hydroxyl groups is 1. The average Bonchev–Trinajstić information content (AvgIpc) is 2.74. The van der Waals surface area contributed by atoms with Gasteiger partial charge in [-0.1, -0.05) is 0 Å². The van der Waals surface area contributed by atoms with Crippen molar-refractivity contribution in [2.24, 2.45) is 5.73 Å². The van der Waals surface area contributed by atoms with E-state index in [4.69, 9.17) is 5.73 Å². The van der Waals surface area contributed by atoms with Crippen LogP contribution >= 0.6 is 0 Å². The first-order chi connectivity index (χ1) is 5.68. The van der Waals surface area contributed by atoms with Gasteiger partial charge in [-0.05, 0) is 38.8 Å². The minimum Gasteiger partial charge on any atom is -0.389 e. The fourth-order valence-electron chi connectivity index (χ4n) is 1.83. The van der Waals surface area contributed by atoms with Crippen molar-refractivity contribution in [1.29, 1.82) is 0 Å². The Bertz CT molecular complexity index is 160. The van der Waals surface area contributed by atoms with Crippen LogP contribution in [0.1, 0.15) is 25.7 Å². The van der Waals surface area contributed by atoms with Gasteiger partial charge >= 0.3 is 0 Å². The molecule has 3 nitrogen and oxygen atoms in total. The molecule has 1 saturated carbocycles. The molecule has 3 heteroatoms. The quantitative estimate of drug-likeness (QED) is 0.610. The molecule has 1 heterocycles. The Morgan fingerprint density at radius 1 is 1.33 bits per heavy atom. The first kappa shape index (κ1) is 8.48. The predicted octanol–water partition coefficient (Wildman–Crippen LogP) is -0.0656. The highest BCUT2D eigenvalue weighted by Gasteiger charge is 2.41. The average molecular weight is 170 g/mol. The Hall–Kier alpha value is -0.120. The standard InChI is InChI=1S/C9H18N2O/c10-8-1-5-11(6-2-8)7-9(12)3-4-9/h8,12H,1-7,10H2. The van der Waals surface area contributed by atoms with E-state index >= 15 is 0 Å². The lowest BCUT2D eigenvalue weighted by Crippen LogP contribution is -2.43. The van der Waals surface area contributed by atoms with Crippen LogP contribution in [0.4, 0.5) is 0 Å². The molecule has 1 saturated heterocycles. The van der Waals surface area contributed by atoms with E-state index in [1.54, 1.807) is 0 Å². The molecule has 12 heavy (non-hydrogen) atoms.